The number of ketones is 1. The zero-order chi connectivity index (χ0) is 22.8. The van der Waals surface area contributed by atoms with Crippen molar-refractivity contribution >= 4 is 51.8 Å². The molecule has 3 N–H and O–H groups in total. The highest BCUT2D eigenvalue weighted by molar-refractivity contribution is 6.39. The number of aromatic nitrogens is 2. The molecule has 1 saturated heterocycles. The van der Waals surface area contributed by atoms with Gasteiger partial charge in [-0.05, 0) is 37.3 Å². The maximum atomic E-state index is 13.0. The van der Waals surface area contributed by atoms with Gasteiger partial charge in [0.1, 0.15) is 11.6 Å². The van der Waals surface area contributed by atoms with Gasteiger partial charge in [-0.3, -0.25) is 14.4 Å². The lowest BCUT2D eigenvalue weighted by Crippen LogP contribution is -2.40. The second-order valence-corrected chi connectivity index (χ2v) is 9.36. The Balaban J connectivity index is 1.45. The van der Waals surface area contributed by atoms with Gasteiger partial charge in [0.15, 0.2) is 11.6 Å². The number of fused-ring (bicyclic) bond motifs is 1. The number of H-pyrrole nitrogens is 1. The van der Waals surface area contributed by atoms with Gasteiger partial charge in [0.25, 0.3) is 0 Å². The molecule has 168 valence electrons. The summed E-state index contributed by atoms with van der Waals surface area (Å²) in [5.41, 5.74) is 0.884. The van der Waals surface area contributed by atoms with Crippen LogP contribution in [0.4, 0.5) is 0 Å². The average Bonchev–Trinajstić information content (AvgIpc) is 3.31. The Morgan fingerprint density at radius 2 is 1.97 bits per heavy atom. The van der Waals surface area contributed by atoms with E-state index in [-0.39, 0.29) is 42.2 Å². The summed E-state index contributed by atoms with van der Waals surface area (Å²) in [7, 11) is 0. The van der Waals surface area contributed by atoms with Crippen LogP contribution in [0.15, 0.2) is 12.1 Å². The molecule has 1 aliphatic heterocycles. The van der Waals surface area contributed by atoms with Crippen LogP contribution in [0.3, 0.4) is 0 Å². The molecule has 0 radical (unpaired) electrons. The van der Waals surface area contributed by atoms with E-state index in [0.717, 1.165) is 12.8 Å². The van der Waals surface area contributed by atoms with E-state index in [1.807, 2.05) is 0 Å². The molecule has 2 aromatic rings. The number of nitrogens with zero attached hydrogens (tertiary/aromatic N) is 2. The molecule has 2 aliphatic rings. The molecule has 2 fully saturated rings. The molecule has 4 rings (SSSR count). The average molecular weight is 476 g/mol. The Morgan fingerprint density at radius 3 is 2.59 bits per heavy atom. The Morgan fingerprint density at radius 1 is 1.22 bits per heavy atom. The van der Waals surface area contributed by atoms with Crippen molar-refractivity contribution in [1.29, 1.82) is 5.26 Å². The number of carbonyl (C=O) groups is 3. The van der Waals surface area contributed by atoms with Crippen LogP contribution >= 0.6 is 23.2 Å². The number of hydrogen-bond donors (Lipinski definition) is 3. The van der Waals surface area contributed by atoms with Crippen molar-refractivity contribution < 1.29 is 14.4 Å². The summed E-state index contributed by atoms with van der Waals surface area (Å²) < 4.78 is 0. The lowest BCUT2D eigenvalue weighted by Gasteiger charge is -2.19. The minimum Gasteiger partial charge on any atom is -0.356 e. The highest BCUT2D eigenvalue weighted by atomic mass is 35.5. The van der Waals surface area contributed by atoms with Crippen molar-refractivity contribution in [3.05, 3.63) is 28.0 Å². The fourth-order valence-corrected chi connectivity index (χ4v) is 4.51. The van der Waals surface area contributed by atoms with Crippen molar-refractivity contribution in [2.45, 2.75) is 44.6 Å². The fraction of sp³-hybridized carbons (Fsp3) is 0.500. The summed E-state index contributed by atoms with van der Waals surface area (Å²) >= 11 is 12.3. The summed E-state index contributed by atoms with van der Waals surface area (Å²) in [6.45, 7) is 0.583. The number of hydrogen-bond acceptors (Lipinski definition) is 5. The van der Waals surface area contributed by atoms with E-state index in [1.54, 1.807) is 12.1 Å². The van der Waals surface area contributed by atoms with E-state index in [2.05, 4.69) is 26.7 Å². The molecule has 2 heterocycles. The van der Waals surface area contributed by atoms with Gasteiger partial charge in [-0.2, -0.15) is 5.26 Å². The molecule has 3 atom stereocenters. The first-order chi connectivity index (χ1) is 15.4. The van der Waals surface area contributed by atoms with Gasteiger partial charge in [0.05, 0.1) is 21.6 Å². The van der Waals surface area contributed by atoms with E-state index >= 15 is 0 Å². The van der Waals surface area contributed by atoms with E-state index in [0.29, 0.717) is 46.4 Å². The predicted molar refractivity (Wildman–Crippen MR) is 119 cm³/mol. The second-order valence-electron chi connectivity index (χ2n) is 8.54. The molecule has 2 amide bonds. The van der Waals surface area contributed by atoms with Gasteiger partial charge in [-0.25, -0.2) is 4.98 Å². The SMILES string of the molecule is N#C[C@H](CC1CCNC1=O)NC(=O)[C@@H](CC(=O)c1nc2c(Cl)ccc(Cl)c2[nH]1)CC1CC1. The van der Waals surface area contributed by atoms with E-state index in [1.165, 1.54) is 0 Å². The molecule has 8 nitrogen and oxygen atoms in total. The Hall–Kier alpha value is -2.63. The molecule has 10 heteroatoms. The van der Waals surface area contributed by atoms with E-state index in [4.69, 9.17) is 23.2 Å². The highest BCUT2D eigenvalue weighted by Crippen LogP contribution is 2.37. The predicted octanol–water partition coefficient (Wildman–Crippen LogP) is 3.39. The van der Waals surface area contributed by atoms with Crippen LogP contribution in [-0.2, 0) is 9.59 Å². The molecule has 1 saturated carbocycles. The minimum absolute atomic E-state index is 0.0422. The lowest BCUT2D eigenvalue weighted by atomic mass is 9.93. The number of amides is 2. The molecule has 0 spiro atoms. The minimum atomic E-state index is -0.781. The Labute approximate surface area is 195 Å². The molecule has 1 unspecified atom stereocenters. The Kier molecular flexibility index (Phi) is 6.68. The number of nitriles is 1. The summed E-state index contributed by atoms with van der Waals surface area (Å²) in [5, 5.41) is 15.7. The first kappa shape index (κ1) is 22.6. The number of rotatable bonds is 9. The summed E-state index contributed by atoms with van der Waals surface area (Å²) in [4.78, 5) is 45.0. The van der Waals surface area contributed by atoms with Crippen molar-refractivity contribution in [2.75, 3.05) is 6.54 Å². The maximum Gasteiger partial charge on any atom is 0.224 e. The van der Waals surface area contributed by atoms with Crippen LogP contribution in [-0.4, -0.2) is 40.2 Å². The number of imidazole rings is 1. The molecular formula is C22H23Cl2N5O3. The van der Waals surface area contributed by atoms with Gasteiger partial charge < -0.3 is 15.6 Å². The standard InChI is InChI=1S/C22H23Cl2N5O3/c23-15-3-4-16(24)19-18(15)28-20(29-19)17(30)9-13(7-11-1-2-11)22(32)27-14(10-25)8-12-5-6-26-21(12)31/h3-4,11-14H,1-2,5-9H2,(H,26,31)(H,27,32)(H,28,29)/t12?,13-,14+/m1/s1. The fourth-order valence-electron chi connectivity index (χ4n) is 4.11. The van der Waals surface area contributed by atoms with E-state index < -0.39 is 12.0 Å². The summed E-state index contributed by atoms with van der Waals surface area (Å²) in [6.07, 6.45) is 3.49. The van der Waals surface area contributed by atoms with Crippen LogP contribution < -0.4 is 10.6 Å². The molecule has 32 heavy (non-hydrogen) atoms. The number of carbonyl (C=O) groups excluding carboxylic acids is 3. The monoisotopic (exact) mass is 475 g/mol. The zero-order valence-corrected chi connectivity index (χ0v) is 18.8. The molecule has 1 aromatic carbocycles. The molecule has 0 bridgehead atoms. The highest BCUT2D eigenvalue weighted by Gasteiger charge is 2.34. The first-order valence-corrected chi connectivity index (χ1v) is 11.5. The lowest BCUT2D eigenvalue weighted by molar-refractivity contribution is -0.127. The number of Topliss-reactive ketones (excluding diaryl/α,β-unsaturated/α-hetero) is 1. The Bertz CT molecular complexity index is 1070. The van der Waals surface area contributed by atoms with Gasteiger partial charge >= 0.3 is 0 Å². The summed E-state index contributed by atoms with van der Waals surface area (Å²) in [5.74, 6) is -1.12. The third kappa shape index (κ3) is 5.05. The molecule has 1 aromatic heterocycles. The van der Waals surface area contributed by atoms with Crippen molar-refractivity contribution in [3.8, 4) is 6.07 Å². The van der Waals surface area contributed by atoms with Crippen molar-refractivity contribution in [3.63, 3.8) is 0 Å². The molecular weight excluding hydrogens is 453 g/mol. The van der Waals surface area contributed by atoms with Crippen molar-refractivity contribution in [1.82, 2.24) is 20.6 Å². The topological polar surface area (TPSA) is 128 Å². The van der Waals surface area contributed by atoms with Gasteiger partial charge in [0.2, 0.25) is 11.8 Å². The van der Waals surface area contributed by atoms with Crippen LogP contribution in [0.2, 0.25) is 10.0 Å². The normalized spacial score (nSPS) is 19.9. The van der Waals surface area contributed by atoms with Crippen LogP contribution in [0.25, 0.3) is 11.0 Å². The van der Waals surface area contributed by atoms with E-state index in [9.17, 15) is 19.6 Å². The largest absolute Gasteiger partial charge is 0.356 e. The second kappa shape index (κ2) is 9.47. The third-order valence-corrected chi connectivity index (χ3v) is 6.70. The smallest absolute Gasteiger partial charge is 0.224 e. The number of halogens is 2. The van der Waals surface area contributed by atoms with Crippen LogP contribution in [0.1, 0.15) is 49.1 Å². The zero-order valence-electron chi connectivity index (χ0n) is 17.3. The maximum absolute atomic E-state index is 13.0. The number of nitrogens with one attached hydrogen (secondary N) is 3. The van der Waals surface area contributed by atoms with Crippen molar-refractivity contribution in [2.24, 2.45) is 17.8 Å². The third-order valence-electron chi connectivity index (χ3n) is 6.08. The van der Waals surface area contributed by atoms with Crippen LogP contribution in [0.5, 0.6) is 0 Å². The summed E-state index contributed by atoms with van der Waals surface area (Å²) in [6, 6.07) is 4.52. The first-order valence-electron chi connectivity index (χ1n) is 10.7. The number of benzene rings is 1. The van der Waals surface area contributed by atoms with Crippen LogP contribution in [0, 0.1) is 29.1 Å². The quantitative estimate of drug-likeness (QED) is 0.478. The van der Waals surface area contributed by atoms with Gasteiger partial charge in [0, 0.05) is 24.8 Å². The molecule has 1 aliphatic carbocycles. The van der Waals surface area contributed by atoms with Gasteiger partial charge in [-0.15, -0.1) is 0 Å². The number of aromatic amines is 1. The van der Waals surface area contributed by atoms with Gasteiger partial charge in [-0.1, -0.05) is 36.0 Å².